The third-order valence-corrected chi connectivity index (χ3v) is 2.73. The van der Waals surface area contributed by atoms with Crippen molar-refractivity contribution in [1.29, 1.82) is 0 Å². The number of fused-ring (bicyclic) bond motifs is 1. The summed E-state index contributed by atoms with van der Waals surface area (Å²) in [5.74, 6) is -0.547. The first-order valence-electron chi connectivity index (χ1n) is 5.70. The highest BCUT2D eigenvalue weighted by Gasteiger charge is 2.04. The lowest BCUT2D eigenvalue weighted by Crippen LogP contribution is -2.04. The molecule has 0 fully saturated rings. The van der Waals surface area contributed by atoms with Crippen LogP contribution in [0.4, 0.5) is 14.6 Å². The van der Waals surface area contributed by atoms with Gasteiger partial charge in [0.15, 0.2) is 5.65 Å². The Morgan fingerprint density at radius 2 is 2.05 bits per heavy atom. The lowest BCUT2D eigenvalue weighted by molar-refractivity contribution is 0.574. The Morgan fingerprint density at radius 1 is 1.16 bits per heavy atom. The van der Waals surface area contributed by atoms with Crippen LogP contribution >= 0.6 is 0 Å². The molecule has 1 N–H and O–H groups in total. The van der Waals surface area contributed by atoms with Crippen molar-refractivity contribution in [3.05, 3.63) is 59.9 Å². The van der Waals surface area contributed by atoms with Gasteiger partial charge in [0, 0.05) is 30.4 Å². The van der Waals surface area contributed by atoms with Crippen molar-refractivity contribution in [1.82, 2.24) is 14.6 Å². The van der Waals surface area contributed by atoms with E-state index in [0.717, 1.165) is 6.07 Å². The standard InChI is InChI=1S/C13H10F2N4/c14-10-2-1-9(11(15)7-10)8-16-12-4-6-19-13(18-12)3-5-17-19/h1-7H,8H2,(H,16,18). The summed E-state index contributed by atoms with van der Waals surface area (Å²) in [6, 6.07) is 7.01. The van der Waals surface area contributed by atoms with E-state index in [2.05, 4.69) is 15.4 Å². The number of halogens is 2. The molecular weight excluding hydrogens is 250 g/mol. The second-order valence-electron chi connectivity index (χ2n) is 4.04. The molecule has 3 aromatic rings. The molecule has 0 bridgehead atoms. The lowest BCUT2D eigenvalue weighted by Gasteiger charge is -2.07. The number of nitrogens with one attached hydrogen (secondary N) is 1. The van der Waals surface area contributed by atoms with Crippen LogP contribution in [0, 0.1) is 11.6 Å². The van der Waals surface area contributed by atoms with E-state index in [1.165, 1.54) is 12.1 Å². The lowest BCUT2D eigenvalue weighted by atomic mass is 10.2. The van der Waals surface area contributed by atoms with Crippen LogP contribution in [0.5, 0.6) is 0 Å². The molecule has 0 amide bonds. The molecular formula is C13H10F2N4. The fourth-order valence-electron chi connectivity index (χ4n) is 1.76. The third kappa shape index (κ3) is 2.37. The number of anilines is 1. The van der Waals surface area contributed by atoms with Gasteiger partial charge in [-0.25, -0.2) is 18.3 Å². The number of aromatic nitrogens is 3. The van der Waals surface area contributed by atoms with Gasteiger partial charge in [-0.05, 0) is 12.1 Å². The Morgan fingerprint density at radius 3 is 2.89 bits per heavy atom. The predicted octanol–water partition coefficient (Wildman–Crippen LogP) is 2.62. The third-order valence-electron chi connectivity index (χ3n) is 2.73. The van der Waals surface area contributed by atoms with Gasteiger partial charge in [-0.2, -0.15) is 5.10 Å². The van der Waals surface area contributed by atoms with Crippen molar-refractivity contribution in [2.45, 2.75) is 6.54 Å². The summed E-state index contributed by atoms with van der Waals surface area (Å²) in [4.78, 5) is 4.29. The van der Waals surface area contributed by atoms with E-state index in [1.54, 1.807) is 29.0 Å². The average molecular weight is 260 g/mol. The molecule has 0 aliphatic carbocycles. The van der Waals surface area contributed by atoms with Crippen LogP contribution in [0.1, 0.15) is 5.56 Å². The van der Waals surface area contributed by atoms with Crippen molar-refractivity contribution in [2.75, 3.05) is 5.32 Å². The summed E-state index contributed by atoms with van der Waals surface area (Å²) in [6.07, 6.45) is 3.40. The minimum atomic E-state index is -0.583. The Hall–Kier alpha value is -2.50. The first-order valence-corrected chi connectivity index (χ1v) is 5.70. The van der Waals surface area contributed by atoms with Crippen molar-refractivity contribution in [3.63, 3.8) is 0 Å². The summed E-state index contributed by atoms with van der Waals surface area (Å²) >= 11 is 0. The van der Waals surface area contributed by atoms with Gasteiger partial charge in [-0.1, -0.05) is 6.07 Å². The van der Waals surface area contributed by atoms with Crippen molar-refractivity contribution in [2.24, 2.45) is 0 Å². The van der Waals surface area contributed by atoms with Crippen LogP contribution in [-0.4, -0.2) is 14.6 Å². The van der Waals surface area contributed by atoms with Crippen molar-refractivity contribution < 1.29 is 8.78 Å². The van der Waals surface area contributed by atoms with Crippen LogP contribution in [-0.2, 0) is 6.54 Å². The smallest absolute Gasteiger partial charge is 0.157 e. The average Bonchev–Trinajstić information content (AvgIpc) is 2.85. The van der Waals surface area contributed by atoms with E-state index in [9.17, 15) is 8.78 Å². The molecule has 0 saturated heterocycles. The van der Waals surface area contributed by atoms with Crippen LogP contribution in [0.2, 0.25) is 0 Å². The van der Waals surface area contributed by atoms with Gasteiger partial charge in [0.2, 0.25) is 0 Å². The molecule has 2 heterocycles. The molecule has 0 radical (unpaired) electrons. The van der Waals surface area contributed by atoms with Gasteiger partial charge in [0.05, 0.1) is 6.20 Å². The molecule has 0 spiro atoms. The van der Waals surface area contributed by atoms with Gasteiger partial charge in [-0.15, -0.1) is 0 Å². The molecule has 0 aliphatic rings. The van der Waals surface area contributed by atoms with Gasteiger partial charge < -0.3 is 5.32 Å². The first kappa shape index (κ1) is 11.6. The van der Waals surface area contributed by atoms with Gasteiger partial charge >= 0.3 is 0 Å². The number of benzene rings is 1. The fraction of sp³-hybridized carbons (Fsp3) is 0.0769. The molecule has 96 valence electrons. The number of hydrogen-bond donors (Lipinski definition) is 1. The molecule has 4 nitrogen and oxygen atoms in total. The quantitative estimate of drug-likeness (QED) is 0.787. The Labute approximate surface area is 107 Å². The summed E-state index contributed by atoms with van der Waals surface area (Å²) in [6.45, 7) is 0.240. The summed E-state index contributed by atoms with van der Waals surface area (Å²) < 4.78 is 27.8. The molecule has 0 aliphatic heterocycles. The Kier molecular flexibility index (Phi) is 2.83. The van der Waals surface area contributed by atoms with Crippen LogP contribution in [0.15, 0.2) is 42.7 Å². The Balaban J connectivity index is 1.77. The van der Waals surface area contributed by atoms with Crippen molar-refractivity contribution in [3.8, 4) is 0 Å². The molecule has 1 aromatic carbocycles. The summed E-state index contributed by atoms with van der Waals surface area (Å²) in [5, 5.41) is 7.02. The zero-order valence-electron chi connectivity index (χ0n) is 9.85. The molecule has 0 saturated carbocycles. The van der Waals surface area contributed by atoms with E-state index in [4.69, 9.17) is 0 Å². The largest absolute Gasteiger partial charge is 0.366 e. The number of hydrogen-bond acceptors (Lipinski definition) is 3. The van der Waals surface area contributed by atoms with E-state index in [0.29, 0.717) is 17.0 Å². The number of nitrogens with zero attached hydrogens (tertiary/aromatic N) is 3. The van der Waals surface area contributed by atoms with Crippen LogP contribution in [0.3, 0.4) is 0 Å². The first-order chi connectivity index (χ1) is 9.22. The topological polar surface area (TPSA) is 42.2 Å². The molecule has 0 unspecified atom stereocenters. The molecule has 6 heteroatoms. The second-order valence-corrected chi connectivity index (χ2v) is 4.04. The van der Waals surface area contributed by atoms with E-state index >= 15 is 0 Å². The van der Waals surface area contributed by atoms with E-state index < -0.39 is 11.6 Å². The maximum Gasteiger partial charge on any atom is 0.157 e. The normalized spacial score (nSPS) is 10.8. The summed E-state index contributed by atoms with van der Waals surface area (Å²) in [7, 11) is 0. The maximum atomic E-state index is 13.4. The predicted molar refractivity (Wildman–Crippen MR) is 66.7 cm³/mol. The minimum absolute atomic E-state index is 0.240. The highest BCUT2D eigenvalue weighted by molar-refractivity contribution is 5.45. The minimum Gasteiger partial charge on any atom is -0.366 e. The molecule has 19 heavy (non-hydrogen) atoms. The zero-order chi connectivity index (χ0) is 13.2. The fourth-order valence-corrected chi connectivity index (χ4v) is 1.76. The zero-order valence-corrected chi connectivity index (χ0v) is 9.85. The SMILES string of the molecule is Fc1ccc(CNc2ccn3nccc3n2)c(F)c1. The molecule has 2 aromatic heterocycles. The van der Waals surface area contributed by atoms with Crippen molar-refractivity contribution >= 4 is 11.5 Å². The van der Waals surface area contributed by atoms with Gasteiger partial charge in [0.25, 0.3) is 0 Å². The highest BCUT2D eigenvalue weighted by atomic mass is 19.1. The second kappa shape index (κ2) is 4.64. The van der Waals surface area contributed by atoms with E-state index in [1.807, 2.05) is 0 Å². The molecule has 0 atom stereocenters. The highest BCUT2D eigenvalue weighted by Crippen LogP contribution is 2.12. The molecule has 3 rings (SSSR count). The monoisotopic (exact) mass is 260 g/mol. The van der Waals surface area contributed by atoms with Gasteiger partial charge in [-0.3, -0.25) is 0 Å². The maximum absolute atomic E-state index is 13.4. The van der Waals surface area contributed by atoms with Crippen LogP contribution < -0.4 is 5.32 Å². The number of rotatable bonds is 3. The summed E-state index contributed by atoms with van der Waals surface area (Å²) in [5.41, 5.74) is 1.08. The van der Waals surface area contributed by atoms with Crippen LogP contribution in [0.25, 0.3) is 5.65 Å². The Bertz CT molecular complexity index is 723. The van der Waals surface area contributed by atoms with E-state index in [-0.39, 0.29) is 6.54 Å². The van der Waals surface area contributed by atoms with Gasteiger partial charge in [0.1, 0.15) is 17.5 Å².